The number of allylic oxidation sites excluding steroid dienone is 4. The van der Waals surface area contributed by atoms with Gasteiger partial charge in [-0.05, 0) is 53.7 Å². The summed E-state index contributed by atoms with van der Waals surface area (Å²) in [4.78, 5) is 27.5. The van der Waals surface area contributed by atoms with Gasteiger partial charge >= 0.3 is 8.25 Å². The number of likely N-dealkylation sites (N-methyl/N-ethyl adjacent to an activating group) is 2. The highest BCUT2D eigenvalue weighted by Crippen LogP contribution is 2.24. The molecule has 0 saturated heterocycles. The first-order valence-corrected chi connectivity index (χ1v) is 10.7. The lowest BCUT2D eigenvalue weighted by molar-refractivity contribution is -0.127. The summed E-state index contributed by atoms with van der Waals surface area (Å²) in [5, 5.41) is 0. The molecule has 0 bridgehead atoms. The van der Waals surface area contributed by atoms with Gasteiger partial charge in [0.2, 0.25) is 11.8 Å². The molecule has 0 aromatic carbocycles. The first kappa shape index (κ1) is 25.7. The van der Waals surface area contributed by atoms with E-state index in [1.165, 1.54) is 24.7 Å². The SMILES string of the molecule is CCN(CC)C(=O)/C(C)=C\C=C\O[PH](=O)O/C=C/C=C(/C)C(=O)N(CC)CC. The average Bonchev–Trinajstić information content (AvgIpc) is 2.69. The van der Waals surface area contributed by atoms with Crippen LogP contribution < -0.4 is 0 Å². The van der Waals surface area contributed by atoms with E-state index in [-0.39, 0.29) is 11.8 Å². The monoisotopic (exact) mass is 412 g/mol. The minimum absolute atomic E-state index is 0.0529. The summed E-state index contributed by atoms with van der Waals surface area (Å²) >= 11 is 0. The molecule has 0 rings (SSSR count). The van der Waals surface area contributed by atoms with Crippen LogP contribution in [0.5, 0.6) is 0 Å². The minimum atomic E-state index is -2.75. The number of nitrogens with zero attached hydrogens (tertiary/aromatic N) is 2. The molecule has 0 aromatic heterocycles. The molecule has 28 heavy (non-hydrogen) atoms. The van der Waals surface area contributed by atoms with Crippen molar-refractivity contribution in [3.8, 4) is 0 Å². The molecule has 0 heterocycles. The van der Waals surface area contributed by atoms with Crippen LogP contribution in [0.25, 0.3) is 0 Å². The fourth-order valence-corrected chi connectivity index (χ4v) is 2.68. The molecule has 158 valence electrons. The van der Waals surface area contributed by atoms with E-state index in [9.17, 15) is 14.2 Å². The van der Waals surface area contributed by atoms with E-state index in [2.05, 4.69) is 0 Å². The second-order valence-corrected chi connectivity index (χ2v) is 6.77. The van der Waals surface area contributed by atoms with Crippen molar-refractivity contribution in [1.29, 1.82) is 0 Å². The van der Waals surface area contributed by atoms with Crippen LogP contribution in [0.2, 0.25) is 0 Å². The number of rotatable bonds is 12. The van der Waals surface area contributed by atoms with Gasteiger partial charge in [-0.25, -0.2) is 4.57 Å². The molecule has 0 unspecified atom stereocenters. The van der Waals surface area contributed by atoms with Crippen molar-refractivity contribution in [2.75, 3.05) is 26.2 Å². The standard InChI is InChI=1S/C20H33N2O5P/c1-7-21(8-2)19(23)17(5)13-11-15-26-28(25)27-16-12-14-18(6)20(24)22(9-3)10-4/h11-16,28H,7-10H2,1-6H3/b15-11+,16-12+,17-13-,18-14-. The molecule has 2 amide bonds. The van der Waals surface area contributed by atoms with Gasteiger partial charge in [-0.1, -0.05) is 12.2 Å². The Bertz CT molecular complexity index is 591. The van der Waals surface area contributed by atoms with Crippen molar-refractivity contribution in [2.24, 2.45) is 0 Å². The number of carbonyl (C=O) groups is 2. The number of carbonyl (C=O) groups excluding carboxylic acids is 2. The molecule has 0 atom stereocenters. The first-order chi connectivity index (χ1) is 13.3. The summed E-state index contributed by atoms with van der Waals surface area (Å²) < 4.78 is 21.5. The predicted molar refractivity (Wildman–Crippen MR) is 113 cm³/mol. The summed E-state index contributed by atoms with van der Waals surface area (Å²) in [6.07, 6.45) is 8.63. The van der Waals surface area contributed by atoms with Gasteiger partial charge in [0.1, 0.15) is 0 Å². The van der Waals surface area contributed by atoms with Crippen LogP contribution in [-0.4, -0.2) is 47.8 Å². The summed E-state index contributed by atoms with van der Waals surface area (Å²) in [6, 6.07) is 0. The molecule has 0 N–H and O–H groups in total. The Balaban J connectivity index is 4.49. The van der Waals surface area contributed by atoms with Gasteiger partial charge in [-0.2, -0.15) is 0 Å². The average molecular weight is 412 g/mol. The molecule has 0 saturated carbocycles. The van der Waals surface area contributed by atoms with E-state index >= 15 is 0 Å². The largest absolute Gasteiger partial charge is 0.426 e. The van der Waals surface area contributed by atoms with Crippen LogP contribution in [0.3, 0.4) is 0 Å². The molecular weight excluding hydrogens is 379 g/mol. The second kappa shape index (κ2) is 14.7. The normalized spacial score (nSPS) is 13.6. The van der Waals surface area contributed by atoms with E-state index in [0.29, 0.717) is 37.3 Å². The molecule has 7 nitrogen and oxygen atoms in total. The zero-order chi connectivity index (χ0) is 21.5. The molecule has 0 aliphatic rings. The van der Waals surface area contributed by atoms with Crippen LogP contribution >= 0.6 is 8.25 Å². The van der Waals surface area contributed by atoms with Crippen LogP contribution in [0, 0.1) is 0 Å². The highest BCUT2D eigenvalue weighted by molar-refractivity contribution is 7.33. The minimum Gasteiger partial charge on any atom is -0.426 e. The highest BCUT2D eigenvalue weighted by atomic mass is 31.1. The van der Waals surface area contributed by atoms with Crippen molar-refractivity contribution < 1.29 is 23.2 Å². The smallest absolute Gasteiger partial charge is 0.417 e. The Kier molecular flexibility index (Phi) is 13.6. The van der Waals surface area contributed by atoms with E-state index in [0.717, 1.165) is 0 Å². The van der Waals surface area contributed by atoms with Gasteiger partial charge in [0.05, 0.1) is 12.5 Å². The molecule has 0 aliphatic heterocycles. The lowest BCUT2D eigenvalue weighted by Gasteiger charge is -2.18. The molecule has 8 heteroatoms. The fraction of sp³-hybridized carbons (Fsp3) is 0.500. The summed E-state index contributed by atoms with van der Waals surface area (Å²) in [5.41, 5.74) is 1.12. The van der Waals surface area contributed by atoms with Gasteiger partial charge in [0.15, 0.2) is 0 Å². The highest BCUT2D eigenvalue weighted by Gasteiger charge is 2.11. The zero-order valence-corrected chi connectivity index (χ0v) is 18.7. The topological polar surface area (TPSA) is 76.1 Å². The third-order valence-electron chi connectivity index (χ3n) is 3.95. The summed E-state index contributed by atoms with van der Waals surface area (Å²) in [5.74, 6) is -0.106. The number of hydrogen-bond donors (Lipinski definition) is 0. The Labute approximate surface area is 169 Å². The van der Waals surface area contributed by atoms with Crippen LogP contribution in [0.15, 0.2) is 48.0 Å². The maximum atomic E-state index is 12.1. The maximum Gasteiger partial charge on any atom is 0.417 e. The quantitative estimate of drug-likeness (QED) is 0.209. The van der Waals surface area contributed by atoms with Crippen molar-refractivity contribution in [2.45, 2.75) is 41.5 Å². The van der Waals surface area contributed by atoms with Gasteiger partial charge in [0.25, 0.3) is 0 Å². The maximum absolute atomic E-state index is 12.1. The Morgan fingerprint density at radius 1 is 0.750 bits per heavy atom. The van der Waals surface area contributed by atoms with Crippen molar-refractivity contribution in [1.82, 2.24) is 9.80 Å². The van der Waals surface area contributed by atoms with Crippen LogP contribution in [-0.2, 0) is 23.2 Å². The lowest BCUT2D eigenvalue weighted by atomic mass is 10.2. The number of amides is 2. The summed E-state index contributed by atoms with van der Waals surface area (Å²) in [7, 11) is -2.75. The molecule has 0 aromatic rings. The van der Waals surface area contributed by atoms with Gasteiger partial charge in [-0.3, -0.25) is 9.59 Å². The van der Waals surface area contributed by atoms with E-state index in [1.807, 2.05) is 27.7 Å². The molecule has 0 spiro atoms. The summed E-state index contributed by atoms with van der Waals surface area (Å²) in [6.45, 7) is 13.7. The van der Waals surface area contributed by atoms with Gasteiger partial charge in [0, 0.05) is 37.3 Å². The molecular formula is C20H33N2O5P. The fourth-order valence-electron chi connectivity index (χ4n) is 2.25. The van der Waals surface area contributed by atoms with Crippen LogP contribution in [0.4, 0.5) is 0 Å². The van der Waals surface area contributed by atoms with E-state index < -0.39 is 8.25 Å². The molecule has 0 radical (unpaired) electrons. The predicted octanol–water partition coefficient (Wildman–Crippen LogP) is 4.07. The molecule has 0 aliphatic carbocycles. The van der Waals surface area contributed by atoms with E-state index in [1.54, 1.807) is 35.8 Å². The number of hydrogen-bond acceptors (Lipinski definition) is 5. The van der Waals surface area contributed by atoms with Gasteiger partial charge < -0.3 is 18.8 Å². The second-order valence-electron chi connectivity index (χ2n) is 5.80. The van der Waals surface area contributed by atoms with Gasteiger partial charge in [-0.15, -0.1) is 0 Å². The zero-order valence-electron chi connectivity index (χ0n) is 17.7. The van der Waals surface area contributed by atoms with Crippen molar-refractivity contribution >= 4 is 20.1 Å². The Morgan fingerprint density at radius 3 is 1.36 bits per heavy atom. The first-order valence-electron chi connectivity index (χ1n) is 9.44. The third-order valence-corrected chi connectivity index (χ3v) is 4.61. The third kappa shape index (κ3) is 9.60. The van der Waals surface area contributed by atoms with Crippen molar-refractivity contribution in [3.05, 3.63) is 48.0 Å². The Hall–Kier alpha value is -2.27. The molecule has 0 fully saturated rings. The van der Waals surface area contributed by atoms with Crippen LogP contribution in [0.1, 0.15) is 41.5 Å². The van der Waals surface area contributed by atoms with Crippen molar-refractivity contribution in [3.63, 3.8) is 0 Å². The Morgan fingerprint density at radius 2 is 1.07 bits per heavy atom. The lowest BCUT2D eigenvalue weighted by Crippen LogP contribution is -2.30. The van der Waals surface area contributed by atoms with E-state index in [4.69, 9.17) is 9.05 Å².